The lowest BCUT2D eigenvalue weighted by Crippen LogP contribution is -2.13. The molecule has 0 bridgehead atoms. The van der Waals surface area contributed by atoms with E-state index in [-0.39, 0.29) is 17.3 Å². The predicted octanol–water partition coefficient (Wildman–Crippen LogP) is 4.23. The van der Waals surface area contributed by atoms with Crippen LogP contribution in [0.5, 0.6) is 0 Å². The van der Waals surface area contributed by atoms with Gasteiger partial charge in [-0.05, 0) is 43.2 Å². The number of carbonyl (C=O) groups is 1. The van der Waals surface area contributed by atoms with E-state index in [2.05, 4.69) is 21.2 Å². The Hall–Kier alpha value is -2.21. The number of benzene rings is 2. The summed E-state index contributed by atoms with van der Waals surface area (Å²) in [5, 5.41) is 13.6. The molecule has 1 amide bonds. The SMILES string of the molecule is Cc1ccc(NC(=O)c2ccc(C)c(Br)c2)c([N+](=O)[O-])c1. The Morgan fingerprint density at radius 1 is 1.19 bits per heavy atom. The molecule has 5 nitrogen and oxygen atoms in total. The summed E-state index contributed by atoms with van der Waals surface area (Å²) >= 11 is 3.36. The number of halogens is 1. The molecular formula is C15H13BrN2O3. The molecule has 2 aromatic carbocycles. The van der Waals surface area contributed by atoms with Crippen molar-refractivity contribution in [3.05, 3.63) is 67.7 Å². The lowest BCUT2D eigenvalue weighted by atomic mass is 10.1. The van der Waals surface area contributed by atoms with E-state index in [9.17, 15) is 14.9 Å². The van der Waals surface area contributed by atoms with E-state index < -0.39 is 4.92 Å². The van der Waals surface area contributed by atoms with E-state index in [0.29, 0.717) is 5.56 Å². The van der Waals surface area contributed by atoms with Gasteiger partial charge in [0, 0.05) is 16.1 Å². The second kappa shape index (κ2) is 6.05. The third-order valence-corrected chi connectivity index (χ3v) is 3.89. The van der Waals surface area contributed by atoms with Gasteiger partial charge in [0.2, 0.25) is 0 Å². The minimum absolute atomic E-state index is 0.116. The zero-order valence-electron chi connectivity index (χ0n) is 11.5. The van der Waals surface area contributed by atoms with Crippen LogP contribution in [-0.2, 0) is 0 Å². The van der Waals surface area contributed by atoms with E-state index in [1.165, 1.54) is 12.1 Å². The Morgan fingerprint density at radius 2 is 1.90 bits per heavy atom. The fraction of sp³-hybridized carbons (Fsp3) is 0.133. The van der Waals surface area contributed by atoms with Gasteiger partial charge in [-0.2, -0.15) is 0 Å². The van der Waals surface area contributed by atoms with Crippen molar-refractivity contribution in [3.63, 3.8) is 0 Å². The Morgan fingerprint density at radius 3 is 2.52 bits per heavy atom. The smallest absolute Gasteiger partial charge is 0.293 e. The van der Waals surface area contributed by atoms with Gasteiger partial charge in [-0.15, -0.1) is 0 Å². The maximum Gasteiger partial charge on any atom is 0.293 e. The van der Waals surface area contributed by atoms with E-state index in [4.69, 9.17) is 0 Å². The van der Waals surface area contributed by atoms with Gasteiger partial charge in [-0.3, -0.25) is 14.9 Å². The Labute approximate surface area is 130 Å². The molecule has 0 aliphatic heterocycles. The summed E-state index contributed by atoms with van der Waals surface area (Å²) < 4.78 is 0.813. The van der Waals surface area contributed by atoms with Crippen LogP contribution >= 0.6 is 15.9 Å². The normalized spacial score (nSPS) is 10.2. The summed E-state index contributed by atoms with van der Waals surface area (Å²) in [6, 6.07) is 9.85. The van der Waals surface area contributed by atoms with Gasteiger partial charge >= 0.3 is 0 Å². The molecule has 2 aromatic rings. The number of rotatable bonds is 3. The van der Waals surface area contributed by atoms with Crippen molar-refractivity contribution in [2.24, 2.45) is 0 Å². The molecule has 6 heteroatoms. The molecule has 0 unspecified atom stereocenters. The average molecular weight is 349 g/mol. The number of nitrogens with zero attached hydrogens (tertiary/aromatic N) is 1. The van der Waals surface area contributed by atoms with Crippen LogP contribution in [-0.4, -0.2) is 10.8 Å². The number of carbonyl (C=O) groups excluding carboxylic acids is 1. The van der Waals surface area contributed by atoms with Crippen LogP contribution in [0.2, 0.25) is 0 Å². The number of hydrogen-bond acceptors (Lipinski definition) is 3. The van der Waals surface area contributed by atoms with Crippen LogP contribution in [0.4, 0.5) is 11.4 Å². The zero-order chi connectivity index (χ0) is 15.6. The molecule has 0 aliphatic carbocycles. The zero-order valence-corrected chi connectivity index (χ0v) is 13.1. The molecule has 0 saturated carbocycles. The van der Waals surface area contributed by atoms with Crippen LogP contribution in [0.25, 0.3) is 0 Å². The van der Waals surface area contributed by atoms with Gasteiger partial charge in [-0.25, -0.2) is 0 Å². The van der Waals surface area contributed by atoms with Crippen molar-refractivity contribution in [2.45, 2.75) is 13.8 Å². The van der Waals surface area contributed by atoms with E-state index in [1.807, 2.05) is 13.0 Å². The number of nitro benzene ring substituents is 1. The lowest BCUT2D eigenvalue weighted by molar-refractivity contribution is -0.384. The molecule has 1 N–H and O–H groups in total. The molecule has 0 saturated heterocycles. The maximum absolute atomic E-state index is 12.2. The monoisotopic (exact) mass is 348 g/mol. The van der Waals surface area contributed by atoms with Crippen LogP contribution in [0.15, 0.2) is 40.9 Å². The van der Waals surface area contributed by atoms with Crippen LogP contribution in [0.1, 0.15) is 21.5 Å². The highest BCUT2D eigenvalue weighted by molar-refractivity contribution is 9.10. The second-order valence-electron chi connectivity index (χ2n) is 4.70. The van der Waals surface area contributed by atoms with Crippen LogP contribution in [0, 0.1) is 24.0 Å². The topological polar surface area (TPSA) is 72.2 Å². The molecule has 21 heavy (non-hydrogen) atoms. The fourth-order valence-corrected chi connectivity index (χ4v) is 2.21. The van der Waals surface area contributed by atoms with Crippen LogP contribution in [0.3, 0.4) is 0 Å². The molecule has 0 atom stereocenters. The average Bonchev–Trinajstić information content (AvgIpc) is 2.43. The number of hydrogen-bond donors (Lipinski definition) is 1. The van der Waals surface area contributed by atoms with Gasteiger partial charge in [0.15, 0.2) is 0 Å². The summed E-state index contributed by atoms with van der Waals surface area (Å²) in [4.78, 5) is 22.7. The van der Waals surface area contributed by atoms with Crippen LogP contribution < -0.4 is 5.32 Å². The first-order chi connectivity index (χ1) is 9.88. The van der Waals surface area contributed by atoms with Gasteiger partial charge in [-0.1, -0.05) is 28.1 Å². The van der Waals surface area contributed by atoms with Crippen molar-refractivity contribution >= 4 is 33.2 Å². The number of anilines is 1. The second-order valence-corrected chi connectivity index (χ2v) is 5.55. The highest BCUT2D eigenvalue weighted by atomic mass is 79.9. The third kappa shape index (κ3) is 3.46. The van der Waals surface area contributed by atoms with Gasteiger partial charge < -0.3 is 5.32 Å². The fourth-order valence-electron chi connectivity index (χ4n) is 1.83. The highest BCUT2D eigenvalue weighted by Gasteiger charge is 2.17. The number of nitrogens with one attached hydrogen (secondary N) is 1. The quantitative estimate of drug-likeness (QED) is 0.666. The molecular weight excluding hydrogens is 336 g/mol. The third-order valence-electron chi connectivity index (χ3n) is 3.03. The number of amides is 1. The first-order valence-electron chi connectivity index (χ1n) is 6.21. The Bertz CT molecular complexity index is 729. The maximum atomic E-state index is 12.2. The summed E-state index contributed by atoms with van der Waals surface area (Å²) in [6.45, 7) is 3.67. The molecule has 108 valence electrons. The standard InChI is InChI=1S/C15H13BrN2O3/c1-9-3-6-13(14(7-9)18(20)21)17-15(19)11-5-4-10(2)12(16)8-11/h3-8H,1-2H3,(H,17,19). The molecule has 0 aromatic heterocycles. The summed E-state index contributed by atoms with van der Waals surface area (Å²) in [5.41, 5.74) is 2.27. The van der Waals surface area contributed by atoms with E-state index in [1.54, 1.807) is 25.1 Å². The van der Waals surface area contributed by atoms with Gasteiger partial charge in [0.05, 0.1) is 4.92 Å². The van der Waals surface area contributed by atoms with Crippen molar-refractivity contribution < 1.29 is 9.72 Å². The summed E-state index contributed by atoms with van der Waals surface area (Å²) in [7, 11) is 0. The van der Waals surface area contributed by atoms with E-state index >= 15 is 0 Å². The molecule has 0 heterocycles. The molecule has 0 radical (unpaired) electrons. The van der Waals surface area contributed by atoms with E-state index in [0.717, 1.165) is 15.6 Å². The number of nitro groups is 1. The largest absolute Gasteiger partial charge is 0.316 e. The number of aryl methyl sites for hydroxylation is 2. The minimum Gasteiger partial charge on any atom is -0.316 e. The van der Waals surface area contributed by atoms with Crippen molar-refractivity contribution in [3.8, 4) is 0 Å². The lowest BCUT2D eigenvalue weighted by Gasteiger charge is -2.08. The summed E-state index contributed by atoms with van der Waals surface area (Å²) in [5.74, 6) is -0.386. The molecule has 0 aliphatic rings. The Kier molecular flexibility index (Phi) is 4.37. The summed E-state index contributed by atoms with van der Waals surface area (Å²) in [6.07, 6.45) is 0. The van der Waals surface area contributed by atoms with Gasteiger partial charge in [0.1, 0.15) is 5.69 Å². The van der Waals surface area contributed by atoms with Gasteiger partial charge in [0.25, 0.3) is 11.6 Å². The molecule has 0 spiro atoms. The van der Waals surface area contributed by atoms with Crippen molar-refractivity contribution in [1.82, 2.24) is 0 Å². The van der Waals surface area contributed by atoms with Crippen molar-refractivity contribution in [1.29, 1.82) is 0 Å². The Balaban J connectivity index is 2.31. The minimum atomic E-state index is -0.506. The first kappa shape index (κ1) is 15.2. The first-order valence-corrected chi connectivity index (χ1v) is 7.00. The molecule has 0 fully saturated rings. The highest BCUT2D eigenvalue weighted by Crippen LogP contribution is 2.26. The van der Waals surface area contributed by atoms with Crippen molar-refractivity contribution in [2.75, 3.05) is 5.32 Å². The molecule has 2 rings (SSSR count). The predicted molar refractivity (Wildman–Crippen MR) is 84.7 cm³/mol.